The first-order chi connectivity index (χ1) is 13.2. The molecule has 2 heterocycles. The van der Waals surface area contributed by atoms with Crippen molar-refractivity contribution in [2.75, 3.05) is 31.5 Å². The SMILES string of the molecule is Cc1cc(C)nc(NC(=S)N2CCN(Cc3ccccc3C(F)(F)F)CC2)c1. The maximum Gasteiger partial charge on any atom is 0.416 e. The summed E-state index contributed by atoms with van der Waals surface area (Å²) in [6.45, 7) is 6.82. The molecule has 3 rings (SSSR count). The van der Waals surface area contributed by atoms with Gasteiger partial charge in [0.05, 0.1) is 5.56 Å². The van der Waals surface area contributed by atoms with Gasteiger partial charge in [0.1, 0.15) is 5.82 Å². The van der Waals surface area contributed by atoms with Gasteiger partial charge in [-0.05, 0) is 55.4 Å². The fourth-order valence-electron chi connectivity index (χ4n) is 3.38. The number of nitrogens with one attached hydrogen (secondary N) is 1. The highest BCUT2D eigenvalue weighted by Crippen LogP contribution is 2.32. The minimum Gasteiger partial charge on any atom is -0.346 e. The fourth-order valence-corrected chi connectivity index (χ4v) is 3.67. The van der Waals surface area contributed by atoms with Crippen LogP contribution in [-0.2, 0) is 12.7 Å². The number of aromatic nitrogens is 1. The van der Waals surface area contributed by atoms with Gasteiger partial charge in [-0.1, -0.05) is 18.2 Å². The Morgan fingerprint density at radius 1 is 1.11 bits per heavy atom. The lowest BCUT2D eigenvalue weighted by atomic mass is 10.1. The molecule has 1 N–H and O–H groups in total. The molecule has 1 aliphatic rings. The van der Waals surface area contributed by atoms with Crippen molar-refractivity contribution in [3.63, 3.8) is 0 Å². The first kappa shape index (κ1) is 20.5. The van der Waals surface area contributed by atoms with Crippen LogP contribution in [0.15, 0.2) is 36.4 Å². The molecular weight excluding hydrogens is 385 g/mol. The average molecular weight is 408 g/mol. The number of hydrogen-bond acceptors (Lipinski definition) is 3. The van der Waals surface area contributed by atoms with E-state index in [1.165, 1.54) is 6.07 Å². The van der Waals surface area contributed by atoms with Crippen molar-refractivity contribution >= 4 is 23.1 Å². The second-order valence-corrected chi connectivity index (χ2v) is 7.41. The largest absolute Gasteiger partial charge is 0.416 e. The van der Waals surface area contributed by atoms with Gasteiger partial charge in [-0.3, -0.25) is 4.90 Å². The van der Waals surface area contributed by atoms with Crippen LogP contribution < -0.4 is 5.32 Å². The molecule has 1 aromatic heterocycles. The first-order valence-corrected chi connectivity index (χ1v) is 9.52. The van der Waals surface area contributed by atoms with E-state index >= 15 is 0 Å². The third-order valence-corrected chi connectivity index (χ3v) is 5.07. The number of aryl methyl sites for hydroxylation is 2. The zero-order valence-electron chi connectivity index (χ0n) is 15.9. The Morgan fingerprint density at radius 2 is 1.79 bits per heavy atom. The summed E-state index contributed by atoms with van der Waals surface area (Å²) in [6.07, 6.45) is -4.33. The lowest BCUT2D eigenvalue weighted by molar-refractivity contribution is -0.138. The van der Waals surface area contributed by atoms with Gasteiger partial charge in [0, 0.05) is 38.4 Å². The van der Waals surface area contributed by atoms with E-state index in [4.69, 9.17) is 12.2 Å². The Hall–Kier alpha value is -2.19. The standard InChI is InChI=1S/C20H23F3N4S/c1-14-11-15(2)24-18(12-14)25-19(28)27-9-7-26(8-10-27)13-16-5-3-4-6-17(16)20(21,22)23/h3-6,11-12H,7-10,13H2,1-2H3,(H,24,25,28). The van der Waals surface area contributed by atoms with Gasteiger partial charge >= 0.3 is 6.18 Å². The molecule has 0 amide bonds. The molecule has 1 aliphatic heterocycles. The van der Waals surface area contributed by atoms with E-state index in [0.717, 1.165) is 17.3 Å². The Morgan fingerprint density at radius 3 is 2.43 bits per heavy atom. The Balaban J connectivity index is 1.57. The number of thiocarbonyl (C=S) groups is 1. The molecule has 0 saturated carbocycles. The van der Waals surface area contributed by atoms with E-state index in [9.17, 15) is 13.2 Å². The first-order valence-electron chi connectivity index (χ1n) is 9.11. The summed E-state index contributed by atoms with van der Waals surface area (Å²) in [5.74, 6) is 0.712. The van der Waals surface area contributed by atoms with Crippen LogP contribution in [0.4, 0.5) is 19.0 Å². The summed E-state index contributed by atoms with van der Waals surface area (Å²) in [5.41, 5.74) is 1.77. The van der Waals surface area contributed by atoms with Crippen LogP contribution in [0, 0.1) is 13.8 Å². The number of nitrogens with zero attached hydrogens (tertiary/aromatic N) is 3. The van der Waals surface area contributed by atoms with Gasteiger partial charge in [-0.2, -0.15) is 13.2 Å². The van der Waals surface area contributed by atoms with Crippen molar-refractivity contribution in [3.8, 4) is 0 Å². The van der Waals surface area contributed by atoms with Crippen LogP contribution in [0.5, 0.6) is 0 Å². The second kappa shape index (κ2) is 8.45. The van der Waals surface area contributed by atoms with Gasteiger partial charge in [0.15, 0.2) is 5.11 Å². The molecule has 8 heteroatoms. The van der Waals surface area contributed by atoms with Crippen molar-refractivity contribution in [1.29, 1.82) is 0 Å². The van der Waals surface area contributed by atoms with Crippen molar-refractivity contribution in [2.24, 2.45) is 0 Å². The number of benzene rings is 1. The maximum absolute atomic E-state index is 13.2. The molecule has 28 heavy (non-hydrogen) atoms. The third kappa shape index (κ3) is 5.20. The Labute approximate surface area is 168 Å². The summed E-state index contributed by atoms with van der Waals surface area (Å²) in [6, 6.07) is 9.69. The summed E-state index contributed by atoms with van der Waals surface area (Å²) < 4.78 is 39.5. The van der Waals surface area contributed by atoms with Gasteiger partial charge in [-0.15, -0.1) is 0 Å². The summed E-state index contributed by atoms with van der Waals surface area (Å²) in [4.78, 5) is 8.49. The third-order valence-electron chi connectivity index (χ3n) is 4.71. The van der Waals surface area contributed by atoms with E-state index in [1.54, 1.807) is 12.1 Å². The van der Waals surface area contributed by atoms with E-state index in [1.807, 2.05) is 35.8 Å². The number of piperazine rings is 1. The topological polar surface area (TPSA) is 31.4 Å². The summed E-state index contributed by atoms with van der Waals surface area (Å²) >= 11 is 5.49. The Bertz CT molecular complexity index is 825. The Kier molecular flexibility index (Phi) is 6.20. The molecule has 0 aliphatic carbocycles. The number of hydrogen-bond donors (Lipinski definition) is 1. The number of alkyl halides is 3. The number of rotatable bonds is 3. The van der Waals surface area contributed by atoms with Gasteiger partial charge in [-0.25, -0.2) is 4.98 Å². The molecule has 0 spiro atoms. The zero-order valence-corrected chi connectivity index (χ0v) is 16.7. The lowest BCUT2D eigenvalue weighted by Gasteiger charge is -2.36. The van der Waals surface area contributed by atoms with Crippen molar-refractivity contribution < 1.29 is 13.2 Å². The molecule has 0 atom stereocenters. The van der Waals surface area contributed by atoms with Crippen LogP contribution in [0.25, 0.3) is 0 Å². The molecule has 4 nitrogen and oxygen atoms in total. The van der Waals surface area contributed by atoms with E-state index in [2.05, 4.69) is 10.3 Å². The van der Waals surface area contributed by atoms with Crippen molar-refractivity contribution in [3.05, 3.63) is 58.8 Å². The minimum atomic E-state index is -4.33. The van der Waals surface area contributed by atoms with E-state index in [0.29, 0.717) is 42.7 Å². The van der Waals surface area contributed by atoms with Crippen molar-refractivity contribution in [1.82, 2.24) is 14.8 Å². The molecule has 0 bridgehead atoms. The molecule has 0 radical (unpaired) electrons. The summed E-state index contributed by atoms with van der Waals surface area (Å²) in [7, 11) is 0. The zero-order chi connectivity index (χ0) is 20.3. The van der Waals surface area contributed by atoms with Crippen LogP contribution in [0.1, 0.15) is 22.4 Å². The average Bonchev–Trinajstić information content (AvgIpc) is 2.61. The normalized spacial score (nSPS) is 15.5. The molecular formula is C20H23F3N4S. The molecule has 1 aromatic carbocycles. The smallest absolute Gasteiger partial charge is 0.346 e. The highest BCUT2D eigenvalue weighted by molar-refractivity contribution is 7.80. The number of halogens is 3. The number of anilines is 1. The van der Waals surface area contributed by atoms with Crippen LogP contribution in [0.3, 0.4) is 0 Å². The van der Waals surface area contributed by atoms with Gasteiger partial charge in [0.25, 0.3) is 0 Å². The minimum absolute atomic E-state index is 0.280. The quantitative estimate of drug-likeness (QED) is 0.769. The predicted octanol–water partition coefficient (Wildman–Crippen LogP) is 4.23. The highest BCUT2D eigenvalue weighted by atomic mass is 32.1. The fraction of sp³-hybridized carbons (Fsp3) is 0.400. The van der Waals surface area contributed by atoms with Gasteiger partial charge < -0.3 is 10.2 Å². The molecule has 1 saturated heterocycles. The van der Waals surface area contributed by atoms with E-state index in [-0.39, 0.29) is 6.54 Å². The van der Waals surface area contributed by atoms with Crippen LogP contribution in [0.2, 0.25) is 0 Å². The highest BCUT2D eigenvalue weighted by Gasteiger charge is 2.33. The number of pyridine rings is 1. The lowest BCUT2D eigenvalue weighted by Crippen LogP contribution is -2.49. The summed E-state index contributed by atoms with van der Waals surface area (Å²) in [5, 5.41) is 3.76. The molecule has 0 unspecified atom stereocenters. The van der Waals surface area contributed by atoms with Crippen LogP contribution in [-0.4, -0.2) is 46.1 Å². The van der Waals surface area contributed by atoms with Crippen LogP contribution >= 0.6 is 12.2 Å². The second-order valence-electron chi connectivity index (χ2n) is 7.02. The predicted molar refractivity (Wildman–Crippen MR) is 108 cm³/mol. The molecule has 2 aromatic rings. The van der Waals surface area contributed by atoms with E-state index < -0.39 is 11.7 Å². The van der Waals surface area contributed by atoms with Gasteiger partial charge in [0.2, 0.25) is 0 Å². The monoisotopic (exact) mass is 408 g/mol. The molecule has 150 valence electrons. The maximum atomic E-state index is 13.2. The molecule has 1 fully saturated rings. The van der Waals surface area contributed by atoms with Crippen molar-refractivity contribution in [2.45, 2.75) is 26.6 Å².